The van der Waals surface area contributed by atoms with Crippen molar-refractivity contribution in [2.45, 2.75) is 0 Å². The molecule has 2 aromatic carbocycles. The fraction of sp³-hybridized carbons (Fsp3) is 0.0909. The third-order valence-electron chi connectivity index (χ3n) is 4.73. The number of rotatable bonds is 5. The van der Waals surface area contributed by atoms with Gasteiger partial charge in [-0.15, -0.1) is 0 Å². The molecule has 0 atom stereocenters. The van der Waals surface area contributed by atoms with E-state index in [1.165, 1.54) is 42.5 Å². The fourth-order valence-electron chi connectivity index (χ4n) is 3.25. The van der Waals surface area contributed by atoms with Crippen LogP contribution in [0.5, 0.6) is 0 Å². The number of hydrogen-bond acceptors (Lipinski definition) is 5. The number of furan rings is 1. The number of hydrogen-bond donors (Lipinski definition) is 1. The highest BCUT2D eigenvalue weighted by atomic mass is 35.5. The monoisotopic (exact) mass is 437 g/mol. The van der Waals surface area contributed by atoms with E-state index in [0.29, 0.717) is 16.8 Å². The first kappa shape index (κ1) is 20.4. The van der Waals surface area contributed by atoms with Crippen LogP contribution in [0.3, 0.4) is 0 Å². The Hall–Kier alpha value is -3.91. The van der Waals surface area contributed by atoms with Gasteiger partial charge in [0.05, 0.1) is 34.6 Å². The SMILES string of the molecule is CN(CC(=O)Nc1ccc(N2C(=O)c3ccccc3C2=O)c(Cl)c1)C(=O)c1ccco1. The summed E-state index contributed by atoms with van der Waals surface area (Å²) in [5.41, 5.74) is 1.20. The second-order valence-electron chi connectivity index (χ2n) is 6.84. The summed E-state index contributed by atoms with van der Waals surface area (Å²) in [6.45, 7) is -0.211. The maximum atomic E-state index is 12.6. The highest BCUT2D eigenvalue weighted by molar-refractivity contribution is 6.40. The highest BCUT2D eigenvalue weighted by Crippen LogP contribution is 2.34. The number of amides is 4. The summed E-state index contributed by atoms with van der Waals surface area (Å²) in [6, 6.07) is 14.1. The number of halogens is 1. The predicted molar refractivity (Wildman–Crippen MR) is 113 cm³/mol. The van der Waals surface area contributed by atoms with Gasteiger partial charge in [-0.05, 0) is 42.5 Å². The van der Waals surface area contributed by atoms with Crippen LogP contribution >= 0.6 is 11.6 Å². The van der Waals surface area contributed by atoms with Crippen LogP contribution in [0, 0.1) is 0 Å². The molecule has 1 aromatic heterocycles. The summed E-state index contributed by atoms with van der Waals surface area (Å²) in [4.78, 5) is 52.0. The predicted octanol–water partition coefficient (Wildman–Crippen LogP) is 3.44. The standard InChI is InChI=1S/C22H16ClN3O5/c1-25(22(30)18-7-4-10-31-18)12-19(27)24-13-8-9-17(16(23)11-13)26-20(28)14-5-2-3-6-15(14)21(26)29/h2-11H,12H2,1H3,(H,24,27). The second kappa shape index (κ2) is 8.08. The molecule has 0 radical (unpaired) electrons. The van der Waals surface area contributed by atoms with Crippen molar-refractivity contribution in [2.75, 3.05) is 23.8 Å². The Bertz CT molecular complexity index is 1170. The van der Waals surface area contributed by atoms with E-state index in [-0.39, 0.29) is 23.0 Å². The maximum Gasteiger partial charge on any atom is 0.289 e. The number of carbonyl (C=O) groups excluding carboxylic acids is 4. The molecule has 1 aliphatic heterocycles. The topological polar surface area (TPSA) is 99.9 Å². The molecule has 0 fully saturated rings. The lowest BCUT2D eigenvalue weighted by atomic mass is 10.1. The molecule has 4 amide bonds. The Kier molecular flexibility index (Phi) is 5.31. The lowest BCUT2D eigenvalue weighted by Crippen LogP contribution is -2.34. The number of likely N-dealkylation sites (N-methyl/N-ethyl adjacent to an activating group) is 1. The molecule has 1 N–H and O–H groups in total. The minimum atomic E-state index is -0.461. The highest BCUT2D eigenvalue weighted by Gasteiger charge is 2.37. The van der Waals surface area contributed by atoms with E-state index in [4.69, 9.17) is 16.0 Å². The van der Waals surface area contributed by atoms with Gasteiger partial charge in [0.1, 0.15) is 0 Å². The smallest absolute Gasteiger partial charge is 0.289 e. The molecule has 0 bridgehead atoms. The Balaban J connectivity index is 1.46. The third kappa shape index (κ3) is 3.80. The molecule has 156 valence electrons. The van der Waals surface area contributed by atoms with E-state index in [2.05, 4.69) is 5.32 Å². The Morgan fingerprint density at radius 1 is 1.03 bits per heavy atom. The van der Waals surface area contributed by atoms with Gasteiger partial charge in [-0.1, -0.05) is 23.7 Å². The van der Waals surface area contributed by atoms with E-state index in [9.17, 15) is 19.2 Å². The van der Waals surface area contributed by atoms with Gasteiger partial charge in [-0.3, -0.25) is 19.2 Å². The van der Waals surface area contributed by atoms with E-state index in [1.54, 1.807) is 30.3 Å². The average molecular weight is 438 g/mol. The molecular formula is C22H16ClN3O5. The Morgan fingerprint density at radius 3 is 2.29 bits per heavy atom. The summed E-state index contributed by atoms with van der Waals surface area (Å²) < 4.78 is 5.03. The van der Waals surface area contributed by atoms with Crippen molar-refractivity contribution in [2.24, 2.45) is 0 Å². The van der Waals surface area contributed by atoms with Crippen molar-refractivity contribution in [3.8, 4) is 0 Å². The number of nitrogens with one attached hydrogen (secondary N) is 1. The first-order valence-corrected chi connectivity index (χ1v) is 9.61. The van der Waals surface area contributed by atoms with Crippen LogP contribution in [0.25, 0.3) is 0 Å². The quantitative estimate of drug-likeness (QED) is 0.616. The van der Waals surface area contributed by atoms with E-state index < -0.39 is 23.6 Å². The van der Waals surface area contributed by atoms with E-state index in [0.717, 1.165) is 4.90 Å². The molecule has 0 saturated carbocycles. The molecule has 0 spiro atoms. The molecule has 31 heavy (non-hydrogen) atoms. The summed E-state index contributed by atoms with van der Waals surface area (Å²) in [7, 11) is 1.47. The van der Waals surface area contributed by atoms with Gasteiger partial charge in [-0.2, -0.15) is 0 Å². The Labute approximate surface area is 182 Å². The zero-order chi connectivity index (χ0) is 22.1. The minimum absolute atomic E-state index is 0.118. The van der Waals surface area contributed by atoms with Gasteiger partial charge in [0.2, 0.25) is 5.91 Å². The molecule has 0 unspecified atom stereocenters. The average Bonchev–Trinajstić information content (AvgIpc) is 3.36. The summed E-state index contributed by atoms with van der Waals surface area (Å²) >= 11 is 6.32. The van der Waals surface area contributed by atoms with Gasteiger partial charge in [0.15, 0.2) is 5.76 Å². The second-order valence-corrected chi connectivity index (χ2v) is 7.25. The summed E-state index contributed by atoms with van der Waals surface area (Å²) in [5.74, 6) is -1.68. The lowest BCUT2D eigenvalue weighted by molar-refractivity contribution is -0.116. The van der Waals surface area contributed by atoms with Gasteiger partial charge in [0, 0.05) is 12.7 Å². The van der Waals surface area contributed by atoms with Crippen molar-refractivity contribution >= 4 is 46.6 Å². The normalized spacial score (nSPS) is 12.6. The number of nitrogens with zero attached hydrogens (tertiary/aromatic N) is 2. The number of fused-ring (bicyclic) bond motifs is 1. The zero-order valence-electron chi connectivity index (χ0n) is 16.3. The van der Waals surface area contributed by atoms with Crippen molar-refractivity contribution in [1.29, 1.82) is 0 Å². The molecule has 8 nitrogen and oxygen atoms in total. The molecular weight excluding hydrogens is 422 g/mol. The van der Waals surface area contributed by atoms with Crippen LogP contribution in [0.15, 0.2) is 65.3 Å². The van der Waals surface area contributed by atoms with Crippen LogP contribution in [0.4, 0.5) is 11.4 Å². The summed E-state index contributed by atoms with van der Waals surface area (Å²) in [5, 5.41) is 2.75. The van der Waals surface area contributed by atoms with E-state index in [1.807, 2.05) is 0 Å². The van der Waals surface area contributed by atoms with Gasteiger partial charge in [0.25, 0.3) is 17.7 Å². The van der Waals surface area contributed by atoms with E-state index >= 15 is 0 Å². The molecule has 0 saturated heterocycles. The summed E-state index contributed by atoms with van der Waals surface area (Å²) in [6.07, 6.45) is 1.37. The maximum absolute atomic E-state index is 12.6. The van der Waals surface area contributed by atoms with Crippen molar-refractivity contribution in [3.05, 3.63) is 82.8 Å². The van der Waals surface area contributed by atoms with Crippen LogP contribution in [0.2, 0.25) is 5.02 Å². The first-order chi connectivity index (χ1) is 14.9. The zero-order valence-corrected chi connectivity index (χ0v) is 17.1. The largest absolute Gasteiger partial charge is 0.459 e. The molecule has 9 heteroatoms. The molecule has 1 aliphatic rings. The van der Waals surface area contributed by atoms with Crippen molar-refractivity contribution in [1.82, 2.24) is 4.90 Å². The first-order valence-electron chi connectivity index (χ1n) is 9.23. The molecule has 3 aromatic rings. The number of benzene rings is 2. The van der Waals surface area contributed by atoms with Crippen molar-refractivity contribution in [3.63, 3.8) is 0 Å². The third-order valence-corrected chi connectivity index (χ3v) is 5.03. The molecule has 0 aliphatic carbocycles. The Morgan fingerprint density at radius 2 is 1.71 bits per heavy atom. The van der Waals surface area contributed by atoms with Gasteiger partial charge in [-0.25, -0.2) is 4.90 Å². The number of anilines is 2. The van der Waals surface area contributed by atoms with Crippen LogP contribution in [-0.4, -0.2) is 42.1 Å². The number of carbonyl (C=O) groups is 4. The van der Waals surface area contributed by atoms with Crippen LogP contribution in [-0.2, 0) is 4.79 Å². The van der Waals surface area contributed by atoms with Crippen molar-refractivity contribution < 1.29 is 23.6 Å². The van der Waals surface area contributed by atoms with Crippen LogP contribution in [0.1, 0.15) is 31.3 Å². The number of imide groups is 1. The fourth-order valence-corrected chi connectivity index (χ4v) is 3.52. The van der Waals surface area contributed by atoms with Gasteiger partial charge < -0.3 is 14.6 Å². The lowest BCUT2D eigenvalue weighted by Gasteiger charge is -2.18. The van der Waals surface area contributed by atoms with Crippen LogP contribution < -0.4 is 10.2 Å². The van der Waals surface area contributed by atoms with Gasteiger partial charge >= 0.3 is 0 Å². The molecule has 2 heterocycles. The molecule has 4 rings (SSSR count). The minimum Gasteiger partial charge on any atom is -0.459 e.